The molecule has 0 amide bonds. The van der Waals surface area contributed by atoms with E-state index < -0.39 is 0 Å². The summed E-state index contributed by atoms with van der Waals surface area (Å²) in [6.45, 7) is 0. The first-order chi connectivity index (χ1) is 21.2. The first kappa shape index (κ1) is 27.0. The molecule has 2 aromatic heterocycles. The minimum atomic E-state index is 0.394. The quantitative estimate of drug-likeness (QED) is 0.150. The van der Waals surface area contributed by atoms with E-state index in [1.807, 2.05) is 12.4 Å². The molecule has 0 aliphatic heterocycles. The molecule has 212 valence electrons. The van der Waals surface area contributed by atoms with E-state index in [-0.39, 0.29) is 0 Å². The van der Waals surface area contributed by atoms with Gasteiger partial charge in [0.25, 0.3) is 0 Å². The van der Waals surface area contributed by atoms with E-state index >= 15 is 0 Å². The molecule has 7 rings (SSSR count). The molecular formula is C39H37N4+. The zero-order valence-corrected chi connectivity index (χ0v) is 24.9. The lowest BCUT2D eigenvalue weighted by molar-refractivity contribution is -0.401. The van der Waals surface area contributed by atoms with Crippen LogP contribution in [0.15, 0.2) is 122 Å². The molecule has 0 N–H and O–H groups in total. The van der Waals surface area contributed by atoms with Crippen LogP contribution < -0.4 is 4.90 Å². The summed E-state index contributed by atoms with van der Waals surface area (Å²) in [6.07, 6.45) is 11.3. The van der Waals surface area contributed by atoms with E-state index in [2.05, 4.69) is 139 Å². The van der Waals surface area contributed by atoms with Crippen LogP contribution in [0.25, 0.3) is 44.1 Å². The maximum atomic E-state index is 5.00. The van der Waals surface area contributed by atoms with E-state index in [0.717, 1.165) is 39.7 Å². The average Bonchev–Trinajstić information content (AvgIpc) is 3.08. The van der Waals surface area contributed by atoms with Crippen LogP contribution in [0.5, 0.6) is 0 Å². The van der Waals surface area contributed by atoms with E-state index in [0.29, 0.717) is 12.0 Å². The highest BCUT2D eigenvalue weighted by atomic mass is 15.2. The molecule has 1 aliphatic carbocycles. The largest absolute Gasteiger partial charge is 0.369 e. The molecule has 1 unspecified atom stereocenters. The second-order valence-electron chi connectivity index (χ2n) is 11.8. The van der Waals surface area contributed by atoms with Crippen LogP contribution in [-0.4, -0.2) is 40.9 Å². The molecule has 0 bridgehead atoms. The number of rotatable bonds is 6. The van der Waals surface area contributed by atoms with Crippen molar-refractivity contribution in [3.05, 3.63) is 122 Å². The molecule has 0 radical (unpaired) electrons. The van der Waals surface area contributed by atoms with Crippen LogP contribution in [0.4, 0.5) is 11.4 Å². The lowest BCUT2D eigenvalue weighted by Crippen LogP contribution is -2.42. The number of fused-ring (bicyclic) bond motifs is 2. The van der Waals surface area contributed by atoms with Gasteiger partial charge in [0, 0.05) is 53.4 Å². The Morgan fingerprint density at radius 2 is 1.23 bits per heavy atom. The number of hydrogen-bond donors (Lipinski definition) is 0. The van der Waals surface area contributed by atoms with Gasteiger partial charge in [0.1, 0.15) is 12.6 Å². The zero-order valence-electron chi connectivity index (χ0n) is 24.9. The number of benzene rings is 4. The lowest BCUT2D eigenvalue weighted by Gasteiger charge is -2.37. The molecule has 1 fully saturated rings. The van der Waals surface area contributed by atoms with Crippen molar-refractivity contribution in [2.45, 2.75) is 31.7 Å². The summed E-state index contributed by atoms with van der Waals surface area (Å²) >= 11 is 0. The first-order valence-electron chi connectivity index (χ1n) is 15.3. The molecule has 43 heavy (non-hydrogen) atoms. The van der Waals surface area contributed by atoms with Gasteiger partial charge in [0.15, 0.2) is 6.21 Å². The third kappa shape index (κ3) is 5.41. The van der Waals surface area contributed by atoms with Gasteiger partial charge in [-0.3, -0.25) is 4.98 Å². The number of para-hydroxylation sites is 2. The molecule has 4 heteroatoms. The average molecular weight is 562 g/mol. The van der Waals surface area contributed by atoms with Crippen LogP contribution in [0.1, 0.15) is 25.7 Å². The first-order valence-corrected chi connectivity index (χ1v) is 15.3. The van der Waals surface area contributed by atoms with Crippen molar-refractivity contribution in [1.29, 1.82) is 0 Å². The Morgan fingerprint density at radius 3 is 1.91 bits per heavy atom. The standard InChI is InChI=1S/C39H37N4/c1-42(36-21-11-18-30-23-33(25-40-38(30)36)28-13-5-3-6-14-28)27-32-17-9-10-20-35(32)43(2)37-22-12-19-31-24-34(26-41-39(31)37)29-15-7-4-8-16-29/h3-8,11-16,18-19,21-27,32,35H,9-10,17,20H2,1-2H3/q+1/t32?,35-/m0/s1. The highest BCUT2D eigenvalue weighted by molar-refractivity contribution is 5.93. The van der Waals surface area contributed by atoms with Crippen LogP contribution in [0.2, 0.25) is 0 Å². The fourth-order valence-corrected chi connectivity index (χ4v) is 6.78. The molecule has 2 atom stereocenters. The normalized spacial score (nSPS) is 17.3. The van der Waals surface area contributed by atoms with Crippen molar-refractivity contribution in [1.82, 2.24) is 9.97 Å². The molecule has 0 spiro atoms. The summed E-state index contributed by atoms with van der Waals surface area (Å²) in [7, 11) is 4.43. The lowest BCUT2D eigenvalue weighted by atomic mass is 9.84. The zero-order chi connectivity index (χ0) is 29.2. The third-order valence-corrected chi connectivity index (χ3v) is 9.05. The molecule has 1 saturated carbocycles. The van der Waals surface area contributed by atoms with Crippen LogP contribution >= 0.6 is 0 Å². The molecule has 1 aliphatic rings. The summed E-state index contributed by atoms with van der Waals surface area (Å²) < 4.78 is 2.31. The minimum absolute atomic E-state index is 0.394. The van der Waals surface area contributed by atoms with E-state index in [4.69, 9.17) is 9.97 Å². The van der Waals surface area contributed by atoms with Crippen LogP contribution in [-0.2, 0) is 0 Å². The summed E-state index contributed by atoms with van der Waals surface area (Å²) in [5.74, 6) is 0.418. The topological polar surface area (TPSA) is 32.0 Å². The van der Waals surface area contributed by atoms with Gasteiger partial charge in [-0.2, -0.15) is 0 Å². The van der Waals surface area contributed by atoms with E-state index in [9.17, 15) is 0 Å². The number of pyridine rings is 2. The number of hydrogen-bond acceptors (Lipinski definition) is 3. The van der Waals surface area contributed by atoms with Crippen molar-refractivity contribution in [3.8, 4) is 22.3 Å². The molecular weight excluding hydrogens is 524 g/mol. The van der Waals surface area contributed by atoms with Gasteiger partial charge in [0.05, 0.1) is 17.1 Å². The number of anilines is 1. The predicted molar refractivity (Wildman–Crippen MR) is 180 cm³/mol. The van der Waals surface area contributed by atoms with Crippen molar-refractivity contribution >= 4 is 39.4 Å². The van der Waals surface area contributed by atoms with Gasteiger partial charge in [-0.15, -0.1) is 0 Å². The van der Waals surface area contributed by atoms with Crippen molar-refractivity contribution in [2.24, 2.45) is 5.92 Å². The van der Waals surface area contributed by atoms with Crippen LogP contribution in [0, 0.1) is 5.92 Å². The Bertz CT molecular complexity index is 1910. The number of nitrogens with zero attached hydrogens (tertiary/aromatic N) is 4. The van der Waals surface area contributed by atoms with Gasteiger partial charge >= 0.3 is 0 Å². The SMILES string of the molecule is CN(c1cccc2cc(-c3ccccc3)cnc12)[C@H]1CCCCC1C=[N+](C)c1cccc2cc(-c3ccccc3)cnc12. The Balaban J connectivity index is 1.20. The monoisotopic (exact) mass is 561 g/mol. The molecule has 2 heterocycles. The Morgan fingerprint density at radius 1 is 0.651 bits per heavy atom. The number of aromatic nitrogens is 2. The summed E-state index contributed by atoms with van der Waals surface area (Å²) in [5.41, 5.74) is 9.12. The molecule has 4 aromatic carbocycles. The van der Waals surface area contributed by atoms with E-state index in [1.165, 1.54) is 41.5 Å². The van der Waals surface area contributed by atoms with Crippen molar-refractivity contribution in [3.63, 3.8) is 0 Å². The highest BCUT2D eigenvalue weighted by Crippen LogP contribution is 2.35. The van der Waals surface area contributed by atoms with Crippen molar-refractivity contribution < 1.29 is 4.58 Å². The summed E-state index contributed by atoms with van der Waals surface area (Å²) in [5, 5.41) is 2.34. The summed E-state index contributed by atoms with van der Waals surface area (Å²) in [4.78, 5) is 12.4. The van der Waals surface area contributed by atoms with Crippen LogP contribution in [0.3, 0.4) is 0 Å². The van der Waals surface area contributed by atoms with Crippen molar-refractivity contribution in [2.75, 3.05) is 19.0 Å². The van der Waals surface area contributed by atoms with Gasteiger partial charge in [-0.25, -0.2) is 9.56 Å². The second kappa shape index (κ2) is 11.8. The highest BCUT2D eigenvalue weighted by Gasteiger charge is 2.31. The van der Waals surface area contributed by atoms with E-state index in [1.54, 1.807) is 0 Å². The summed E-state index contributed by atoms with van der Waals surface area (Å²) in [6, 6.07) is 39.0. The van der Waals surface area contributed by atoms with Gasteiger partial charge in [-0.1, -0.05) is 97.8 Å². The van der Waals surface area contributed by atoms with Gasteiger partial charge in [-0.05, 0) is 42.2 Å². The fraction of sp³-hybridized carbons (Fsp3) is 0.205. The second-order valence-corrected chi connectivity index (χ2v) is 11.8. The molecule has 0 saturated heterocycles. The smallest absolute Gasteiger partial charge is 0.231 e. The Labute approximate surface area is 254 Å². The van der Waals surface area contributed by atoms with Gasteiger partial charge < -0.3 is 4.90 Å². The van der Waals surface area contributed by atoms with Gasteiger partial charge in [0.2, 0.25) is 5.69 Å². The minimum Gasteiger partial charge on any atom is -0.369 e. The Kier molecular flexibility index (Phi) is 7.42. The Hall–Kier alpha value is -4.83. The predicted octanol–water partition coefficient (Wildman–Crippen LogP) is 9.16. The molecule has 4 nitrogen and oxygen atoms in total. The molecule has 6 aromatic rings. The third-order valence-electron chi connectivity index (χ3n) is 9.05. The fourth-order valence-electron chi connectivity index (χ4n) is 6.78. The maximum absolute atomic E-state index is 5.00. The maximum Gasteiger partial charge on any atom is 0.231 e.